The van der Waals surface area contributed by atoms with Crippen molar-refractivity contribution in [2.45, 2.75) is 19.3 Å². The Kier molecular flexibility index (Phi) is 6.11. The van der Waals surface area contributed by atoms with Crippen LogP contribution in [0.2, 0.25) is 0 Å². The summed E-state index contributed by atoms with van der Waals surface area (Å²) in [6.45, 7) is 1.39. The van der Waals surface area contributed by atoms with Crippen LogP contribution in [-0.4, -0.2) is 19.0 Å². The zero-order valence-corrected chi connectivity index (χ0v) is 10.8. The SMILES string of the molecule is NCCCCNC(=O)Cc1ccccc1Br. The topological polar surface area (TPSA) is 55.1 Å². The maximum atomic E-state index is 11.6. The minimum absolute atomic E-state index is 0.0592. The highest BCUT2D eigenvalue weighted by Gasteiger charge is 2.05. The third-order valence-corrected chi connectivity index (χ3v) is 3.04. The van der Waals surface area contributed by atoms with Crippen molar-refractivity contribution in [1.82, 2.24) is 5.32 Å². The summed E-state index contributed by atoms with van der Waals surface area (Å²) in [6.07, 6.45) is 2.32. The number of nitrogens with two attached hydrogens (primary N) is 1. The molecule has 0 aliphatic rings. The molecular formula is C12H17BrN2O. The van der Waals surface area contributed by atoms with E-state index >= 15 is 0 Å². The second kappa shape index (κ2) is 7.41. The molecule has 1 amide bonds. The number of unbranched alkanes of at least 4 members (excludes halogenated alkanes) is 1. The van der Waals surface area contributed by atoms with Crippen molar-refractivity contribution in [3.63, 3.8) is 0 Å². The van der Waals surface area contributed by atoms with E-state index in [4.69, 9.17) is 5.73 Å². The lowest BCUT2D eigenvalue weighted by Crippen LogP contribution is -2.26. The van der Waals surface area contributed by atoms with Crippen LogP contribution >= 0.6 is 15.9 Å². The predicted molar refractivity (Wildman–Crippen MR) is 69.1 cm³/mol. The van der Waals surface area contributed by atoms with Gasteiger partial charge in [0.1, 0.15) is 0 Å². The van der Waals surface area contributed by atoms with Crippen LogP contribution in [0.1, 0.15) is 18.4 Å². The van der Waals surface area contributed by atoms with Crippen LogP contribution in [0.15, 0.2) is 28.7 Å². The van der Waals surface area contributed by atoms with Crippen molar-refractivity contribution in [2.75, 3.05) is 13.1 Å². The first kappa shape index (κ1) is 13.2. The number of amides is 1. The van der Waals surface area contributed by atoms with E-state index in [0.29, 0.717) is 19.5 Å². The summed E-state index contributed by atoms with van der Waals surface area (Å²) < 4.78 is 0.979. The average molecular weight is 285 g/mol. The summed E-state index contributed by atoms with van der Waals surface area (Å²) in [4.78, 5) is 11.6. The molecule has 1 aromatic rings. The molecule has 3 N–H and O–H groups in total. The number of hydrogen-bond donors (Lipinski definition) is 2. The number of carbonyl (C=O) groups is 1. The Morgan fingerprint density at radius 2 is 2.06 bits per heavy atom. The van der Waals surface area contributed by atoms with Crippen molar-refractivity contribution in [1.29, 1.82) is 0 Å². The lowest BCUT2D eigenvalue weighted by atomic mass is 10.1. The summed E-state index contributed by atoms with van der Waals surface area (Å²) in [7, 11) is 0. The molecule has 0 radical (unpaired) electrons. The van der Waals surface area contributed by atoms with Crippen LogP contribution in [-0.2, 0) is 11.2 Å². The van der Waals surface area contributed by atoms with Crippen molar-refractivity contribution >= 4 is 21.8 Å². The van der Waals surface area contributed by atoms with Crippen LogP contribution < -0.4 is 11.1 Å². The molecule has 1 aromatic carbocycles. The Hall–Kier alpha value is -0.870. The molecule has 1 rings (SSSR count). The lowest BCUT2D eigenvalue weighted by molar-refractivity contribution is -0.120. The van der Waals surface area contributed by atoms with Crippen molar-refractivity contribution in [2.24, 2.45) is 5.73 Å². The van der Waals surface area contributed by atoms with Crippen molar-refractivity contribution in [3.05, 3.63) is 34.3 Å². The van der Waals surface area contributed by atoms with E-state index in [1.807, 2.05) is 24.3 Å². The first-order valence-electron chi connectivity index (χ1n) is 5.44. The van der Waals surface area contributed by atoms with Gasteiger partial charge in [-0.25, -0.2) is 0 Å². The van der Waals surface area contributed by atoms with Gasteiger partial charge >= 0.3 is 0 Å². The van der Waals surface area contributed by atoms with Gasteiger partial charge in [-0.3, -0.25) is 4.79 Å². The van der Waals surface area contributed by atoms with Crippen LogP contribution in [0.3, 0.4) is 0 Å². The highest BCUT2D eigenvalue weighted by molar-refractivity contribution is 9.10. The molecule has 88 valence electrons. The number of hydrogen-bond acceptors (Lipinski definition) is 2. The molecule has 0 aromatic heterocycles. The van der Waals surface area contributed by atoms with E-state index in [1.54, 1.807) is 0 Å². The van der Waals surface area contributed by atoms with Crippen LogP contribution in [0.5, 0.6) is 0 Å². The van der Waals surface area contributed by atoms with Gasteiger partial charge in [0, 0.05) is 11.0 Å². The highest BCUT2D eigenvalue weighted by Crippen LogP contribution is 2.15. The fourth-order valence-electron chi connectivity index (χ4n) is 1.37. The maximum Gasteiger partial charge on any atom is 0.224 e. The summed E-state index contributed by atoms with van der Waals surface area (Å²) in [5.74, 6) is 0.0592. The van der Waals surface area contributed by atoms with E-state index in [0.717, 1.165) is 22.9 Å². The average Bonchev–Trinajstić information content (AvgIpc) is 2.28. The molecule has 0 fully saturated rings. The van der Waals surface area contributed by atoms with Gasteiger partial charge in [0.15, 0.2) is 0 Å². The molecule has 0 aliphatic heterocycles. The second-order valence-corrected chi connectivity index (χ2v) is 4.47. The summed E-state index contributed by atoms with van der Waals surface area (Å²) >= 11 is 3.42. The summed E-state index contributed by atoms with van der Waals surface area (Å²) in [5.41, 5.74) is 6.38. The minimum atomic E-state index is 0.0592. The third kappa shape index (κ3) is 4.77. The van der Waals surface area contributed by atoms with Gasteiger partial charge in [-0.15, -0.1) is 0 Å². The number of benzene rings is 1. The van der Waals surface area contributed by atoms with Gasteiger partial charge in [0.2, 0.25) is 5.91 Å². The molecular weight excluding hydrogens is 268 g/mol. The molecule has 0 heterocycles. The standard InChI is InChI=1S/C12H17BrN2O/c13-11-6-2-1-5-10(11)9-12(16)15-8-4-3-7-14/h1-2,5-6H,3-4,7-9,14H2,(H,15,16). The quantitative estimate of drug-likeness (QED) is 0.784. The highest BCUT2D eigenvalue weighted by atomic mass is 79.9. The molecule has 3 nitrogen and oxygen atoms in total. The van der Waals surface area contributed by atoms with E-state index < -0.39 is 0 Å². The van der Waals surface area contributed by atoms with Crippen LogP contribution in [0, 0.1) is 0 Å². The molecule has 0 bridgehead atoms. The number of nitrogens with one attached hydrogen (secondary N) is 1. The molecule has 0 saturated heterocycles. The van der Waals surface area contributed by atoms with Gasteiger partial charge in [-0.05, 0) is 31.0 Å². The Bertz CT molecular complexity index is 342. The van der Waals surface area contributed by atoms with E-state index in [-0.39, 0.29) is 5.91 Å². The monoisotopic (exact) mass is 284 g/mol. The molecule has 4 heteroatoms. The summed E-state index contributed by atoms with van der Waals surface area (Å²) in [5, 5.41) is 2.88. The zero-order valence-electron chi connectivity index (χ0n) is 9.21. The van der Waals surface area contributed by atoms with Gasteiger partial charge in [0.05, 0.1) is 6.42 Å². The molecule has 0 unspecified atom stereocenters. The third-order valence-electron chi connectivity index (χ3n) is 2.26. The Balaban J connectivity index is 2.32. The summed E-state index contributed by atoms with van der Waals surface area (Å²) in [6, 6.07) is 7.76. The number of carbonyl (C=O) groups excluding carboxylic acids is 1. The maximum absolute atomic E-state index is 11.6. The fourth-order valence-corrected chi connectivity index (χ4v) is 1.80. The van der Waals surface area contributed by atoms with Crippen LogP contribution in [0.25, 0.3) is 0 Å². The lowest BCUT2D eigenvalue weighted by Gasteiger charge is -2.06. The molecule has 0 atom stereocenters. The Morgan fingerprint density at radius 1 is 1.31 bits per heavy atom. The molecule has 16 heavy (non-hydrogen) atoms. The van der Waals surface area contributed by atoms with Crippen molar-refractivity contribution in [3.8, 4) is 0 Å². The fraction of sp³-hybridized carbons (Fsp3) is 0.417. The largest absolute Gasteiger partial charge is 0.356 e. The van der Waals surface area contributed by atoms with E-state index in [1.165, 1.54) is 0 Å². The first-order chi connectivity index (χ1) is 7.74. The minimum Gasteiger partial charge on any atom is -0.356 e. The normalized spacial score (nSPS) is 10.1. The van der Waals surface area contributed by atoms with Gasteiger partial charge in [-0.1, -0.05) is 34.1 Å². The van der Waals surface area contributed by atoms with E-state index in [2.05, 4.69) is 21.2 Å². The second-order valence-electron chi connectivity index (χ2n) is 3.61. The van der Waals surface area contributed by atoms with E-state index in [9.17, 15) is 4.79 Å². The first-order valence-corrected chi connectivity index (χ1v) is 6.23. The van der Waals surface area contributed by atoms with Gasteiger partial charge in [0.25, 0.3) is 0 Å². The van der Waals surface area contributed by atoms with Crippen molar-refractivity contribution < 1.29 is 4.79 Å². The molecule has 0 aliphatic carbocycles. The Labute approximate surface area is 105 Å². The number of rotatable bonds is 6. The number of halogens is 1. The Morgan fingerprint density at radius 3 is 2.75 bits per heavy atom. The molecule has 0 spiro atoms. The van der Waals surface area contributed by atoms with Crippen LogP contribution in [0.4, 0.5) is 0 Å². The van der Waals surface area contributed by atoms with Gasteiger partial charge in [-0.2, -0.15) is 0 Å². The van der Waals surface area contributed by atoms with Gasteiger partial charge < -0.3 is 11.1 Å². The smallest absolute Gasteiger partial charge is 0.224 e. The zero-order chi connectivity index (χ0) is 11.8. The predicted octanol–water partition coefficient (Wildman–Crippen LogP) is 1.85. The molecule has 0 saturated carbocycles.